The van der Waals surface area contributed by atoms with E-state index in [0.29, 0.717) is 12.0 Å². The normalized spacial score (nSPS) is 20.8. The Morgan fingerprint density at radius 2 is 2.19 bits per heavy atom. The van der Waals surface area contributed by atoms with Crippen LogP contribution in [-0.2, 0) is 21.2 Å². The maximum atomic E-state index is 13.3. The molecule has 116 valence electrons. The van der Waals surface area contributed by atoms with Gasteiger partial charge in [-0.15, -0.1) is 0 Å². The van der Waals surface area contributed by atoms with Crippen LogP contribution in [0, 0.1) is 12.7 Å². The van der Waals surface area contributed by atoms with Gasteiger partial charge in [0.05, 0.1) is 18.1 Å². The third-order valence-corrected chi connectivity index (χ3v) is 5.50. The van der Waals surface area contributed by atoms with Crippen molar-refractivity contribution in [2.45, 2.75) is 25.9 Å². The smallest absolute Gasteiger partial charge is 0.317 e. The molecule has 2 rings (SSSR count). The second-order valence-electron chi connectivity index (χ2n) is 5.43. The molecular weight excluding hydrogens is 297 g/mol. The molecule has 1 aromatic rings. The Morgan fingerprint density at radius 1 is 1.48 bits per heavy atom. The summed E-state index contributed by atoms with van der Waals surface area (Å²) < 4.78 is 36.5. The molecule has 0 bridgehead atoms. The third kappa shape index (κ3) is 4.25. The van der Waals surface area contributed by atoms with Gasteiger partial charge < -0.3 is 5.11 Å². The number of rotatable bonds is 5. The maximum absolute atomic E-state index is 13.3. The molecule has 0 spiro atoms. The van der Waals surface area contributed by atoms with Gasteiger partial charge in [-0.05, 0) is 36.6 Å². The SMILES string of the molecule is Cc1ccc(F)cc1CN(CC(=O)O)C1CCS(=O)(=O)C1. The van der Waals surface area contributed by atoms with E-state index in [1.807, 2.05) is 6.92 Å². The van der Waals surface area contributed by atoms with Crippen molar-refractivity contribution >= 4 is 15.8 Å². The molecule has 0 aromatic heterocycles. The van der Waals surface area contributed by atoms with Crippen LogP contribution in [0.25, 0.3) is 0 Å². The Morgan fingerprint density at radius 3 is 2.76 bits per heavy atom. The van der Waals surface area contributed by atoms with E-state index in [9.17, 15) is 17.6 Å². The molecule has 1 aliphatic rings. The van der Waals surface area contributed by atoms with Gasteiger partial charge in [0.1, 0.15) is 5.82 Å². The molecule has 0 aliphatic carbocycles. The first-order chi connectivity index (χ1) is 9.77. The Kier molecular flexibility index (Phi) is 4.63. The van der Waals surface area contributed by atoms with Gasteiger partial charge in [0, 0.05) is 12.6 Å². The fourth-order valence-corrected chi connectivity index (χ4v) is 4.34. The number of carboxylic acid groups (broad SMARTS) is 1. The van der Waals surface area contributed by atoms with Gasteiger partial charge in [0.25, 0.3) is 0 Å². The van der Waals surface area contributed by atoms with Crippen molar-refractivity contribution in [3.63, 3.8) is 0 Å². The molecule has 5 nitrogen and oxygen atoms in total. The Balaban J connectivity index is 2.20. The maximum Gasteiger partial charge on any atom is 0.317 e. The molecule has 0 radical (unpaired) electrons. The lowest BCUT2D eigenvalue weighted by molar-refractivity contribution is -0.139. The summed E-state index contributed by atoms with van der Waals surface area (Å²) in [5.74, 6) is -1.36. The van der Waals surface area contributed by atoms with Gasteiger partial charge in [-0.1, -0.05) is 6.07 Å². The largest absolute Gasteiger partial charge is 0.480 e. The van der Waals surface area contributed by atoms with Crippen LogP contribution in [0.4, 0.5) is 4.39 Å². The van der Waals surface area contributed by atoms with E-state index < -0.39 is 15.8 Å². The van der Waals surface area contributed by atoms with Gasteiger partial charge >= 0.3 is 5.97 Å². The molecule has 7 heteroatoms. The second-order valence-corrected chi connectivity index (χ2v) is 7.66. The summed E-state index contributed by atoms with van der Waals surface area (Å²) in [4.78, 5) is 12.6. The first-order valence-electron chi connectivity index (χ1n) is 6.68. The predicted octanol–water partition coefficient (Wildman–Crippen LogP) is 1.21. The summed E-state index contributed by atoms with van der Waals surface area (Å²) >= 11 is 0. The van der Waals surface area contributed by atoms with Gasteiger partial charge in [-0.3, -0.25) is 9.69 Å². The standard InChI is InChI=1S/C14H18FNO4S/c1-10-2-3-12(15)6-11(10)7-16(8-14(17)18)13-4-5-21(19,20)9-13/h2-3,6,13H,4-5,7-9H2,1H3,(H,17,18). The van der Waals surface area contributed by atoms with Crippen molar-refractivity contribution in [1.29, 1.82) is 0 Å². The molecule has 1 N–H and O–H groups in total. The molecule has 1 aromatic carbocycles. The summed E-state index contributed by atoms with van der Waals surface area (Å²) in [6.07, 6.45) is 0.421. The fraction of sp³-hybridized carbons (Fsp3) is 0.500. The first-order valence-corrected chi connectivity index (χ1v) is 8.50. The highest BCUT2D eigenvalue weighted by Crippen LogP contribution is 2.21. The predicted molar refractivity (Wildman–Crippen MR) is 76.2 cm³/mol. The van der Waals surface area contributed by atoms with E-state index in [4.69, 9.17) is 5.11 Å². The first kappa shape index (κ1) is 15.9. The lowest BCUT2D eigenvalue weighted by Gasteiger charge is -2.27. The average Bonchev–Trinajstić information content (AvgIpc) is 2.73. The Labute approximate surface area is 123 Å². The molecule has 1 fully saturated rings. The zero-order valence-corrected chi connectivity index (χ0v) is 12.6. The number of carbonyl (C=O) groups is 1. The van der Waals surface area contributed by atoms with Crippen molar-refractivity contribution in [2.75, 3.05) is 18.1 Å². The number of halogens is 1. The van der Waals surface area contributed by atoms with Crippen molar-refractivity contribution in [2.24, 2.45) is 0 Å². The minimum absolute atomic E-state index is 0.0331. The summed E-state index contributed by atoms with van der Waals surface area (Å²) in [6, 6.07) is 4.03. The summed E-state index contributed by atoms with van der Waals surface area (Å²) in [5.41, 5.74) is 1.54. The highest BCUT2D eigenvalue weighted by molar-refractivity contribution is 7.91. The van der Waals surface area contributed by atoms with E-state index in [1.54, 1.807) is 11.0 Å². The van der Waals surface area contributed by atoms with E-state index in [1.165, 1.54) is 12.1 Å². The van der Waals surface area contributed by atoms with Crippen LogP contribution in [0.5, 0.6) is 0 Å². The van der Waals surface area contributed by atoms with E-state index in [-0.39, 0.29) is 36.5 Å². The monoisotopic (exact) mass is 315 g/mol. The highest BCUT2D eigenvalue weighted by Gasteiger charge is 2.33. The molecule has 0 saturated carbocycles. The van der Waals surface area contributed by atoms with Gasteiger partial charge in [-0.2, -0.15) is 0 Å². The average molecular weight is 315 g/mol. The van der Waals surface area contributed by atoms with Crippen molar-refractivity contribution in [1.82, 2.24) is 4.90 Å². The minimum atomic E-state index is -3.10. The molecular formula is C14H18FNO4S. The summed E-state index contributed by atoms with van der Waals surface area (Å²) in [7, 11) is -3.10. The number of hydrogen-bond acceptors (Lipinski definition) is 4. The van der Waals surface area contributed by atoms with E-state index in [2.05, 4.69) is 0 Å². The Bertz CT molecular complexity index is 644. The second kappa shape index (κ2) is 6.11. The zero-order valence-electron chi connectivity index (χ0n) is 11.8. The number of nitrogens with zero attached hydrogens (tertiary/aromatic N) is 1. The van der Waals surface area contributed by atoms with Crippen LogP contribution in [0.1, 0.15) is 17.5 Å². The van der Waals surface area contributed by atoms with Gasteiger partial charge in [-0.25, -0.2) is 12.8 Å². The summed E-state index contributed by atoms with van der Waals surface area (Å²) in [6.45, 7) is 1.80. The number of carboxylic acids is 1. The molecule has 1 atom stereocenters. The van der Waals surface area contributed by atoms with Crippen LogP contribution in [-0.4, -0.2) is 48.5 Å². The number of sulfone groups is 1. The Hall–Kier alpha value is -1.47. The minimum Gasteiger partial charge on any atom is -0.480 e. The molecule has 1 heterocycles. The van der Waals surface area contributed by atoms with Gasteiger partial charge in [0.15, 0.2) is 9.84 Å². The molecule has 1 saturated heterocycles. The van der Waals surface area contributed by atoms with Crippen molar-refractivity contribution in [3.8, 4) is 0 Å². The number of aryl methyl sites for hydroxylation is 1. The van der Waals surface area contributed by atoms with Gasteiger partial charge in [0.2, 0.25) is 0 Å². The van der Waals surface area contributed by atoms with Crippen LogP contribution in [0.15, 0.2) is 18.2 Å². The van der Waals surface area contributed by atoms with E-state index >= 15 is 0 Å². The molecule has 0 amide bonds. The molecule has 21 heavy (non-hydrogen) atoms. The van der Waals surface area contributed by atoms with Crippen LogP contribution in [0.2, 0.25) is 0 Å². The number of hydrogen-bond donors (Lipinski definition) is 1. The molecule has 1 unspecified atom stereocenters. The number of aliphatic carboxylic acids is 1. The zero-order chi connectivity index (χ0) is 15.6. The van der Waals surface area contributed by atoms with Crippen LogP contribution in [0.3, 0.4) is 0 Å². The number of benzene rings is 1. The lowest BCUT2D eigenvalue weighted by Crippen LogP contribution is -2.39. The topological polar surface area (TPSA) is 74.7 Å². The van der Waals surface area contributed by atoms with Crippen molar-refractivity contribution in [3.05, 3.63) is 35.1 Å². The van der Waals surface area contributed by atoms with Crippen LogP contribution >= 0.6 is 0 Å². The molecule has 1 aliphatic heterocycles. The fourth-order valence-electron chi connectivity index (χ4n) is 2.58. The summed E-state index contributed by atoms with van der Waals surface area (Å²) in [5, 5.41) is 9.01. The van der Waals surface area contributed by atoms with Crippen molar-refractivity contribution < 1.29 is 22.7 Å². The quantitative estimate of drug-likeness (QED) is 0.884. The highest BCUT2D eigenvalue weighted by atomic mass is 32.2. The van der Waals surface area contributed by atoms with E-state index in [0.717, 1.165) is 5.56 Å². The third-order valence-electron chi connectivity index (χ3n) is 3.75. The van der Waals surface area contributed by atoms with Crippen LogP contribution < -0.4 is 0 Å². The lowest BCUT2D eigenvalue weighted by atomic mass is 10.1.